The van der Waals surface area contributed by atoms with Crippen molar-refractivity contribution in [1.82, 2.24) is 0 Å². The van der Waals surface area contributed by atoms with Gasteiger partial charge in [0.05, 0.1) is 17.3 Å². The van der Waals surface area contributed by atoms with E-state index in [4.69, 9.17) is 14.2 Å². The summed E-state index contributed by atoms with van der Waals surface area (Å²) in [6, 6.07) is 0. The van der Waals surface area contributed by atoms with Gasteiger partial charge in [-0.2, -0.15) is 0 Å². The third kappa shape index (κ3) is 7.00. The van der Waals surface area contributed by atoms with Crippen LogP contribution >= 0.6 is 0 Å². The van der Waals surface area contributed by atoms with Crippen LogP contribution in [-0.4, -0.2) is 6.48 Å². The minimum atomic E-state index is -0.840. The van der Waals surface area contributed by atoms with Crippen LogP contribution < -0.4 is 0 Å². The summed E-state index contributed by atoms with van der Waals surface area (Å²) in [6.45, 7) is 15.0. The quantitative estimate of drug-likeness (QED) is 0.469. The number of hydrogen-bond donors (Lipinski definition) is 0. The molecule has 0 spiro atoms. The van der Waals surface area contributed by atoms with Crippen LogP contribution in [0.1, 0.15) is 20.8 Å². The maximum absolute atomic E-state index is 5.11. The molecule has 0 rings (SSSR count). The molecule has 74 valence electrons. The molecule has 0 aromatic heterocycles. The van der Waals surface area contributed by atoms with Gasteiger partial charge in [-0.3, -0.25) is 0 Å². The Labute approximate surface area is 79.3 Å². The highest BCUT2D eigenvalue weighted by molar-refractivity contribution is 4.80. The highest BCUT2D eigenvalue weighted by atomic mass is 16.8. The van der Waals surface area contributed by atoms with Crippen LogP contribution in [0.5, 0.6) is 0 Å². The lowest BCUT2D eigenvalue weighted by molar-refractivity contribution is -0.233. The Bertz CT molecular complexity index is 180. The zero-order valence-electron chi connectivity index (χ0n) is 8.42. The fourth-order valence-corrected chi connectivity index (χ4v) is 0.565. The third-order valence-electron chi connectivity index (χ3n) is 0.892. The average molecular weight is 184 g/mol. The second-order valence-electron chi connectivity index (χ2n) is 2.75. The van der Waals surface area contributed by atoms with Crippen LogP contribution in [0.25, 0.3) is 0 Å². The molecular formula is C10H16O3. The summed E-state index contributed by atoms with van der Waals surface area (Å²) in [4.78, 5) is 0. The van der Waals surface area contributed by atoms with Crippen LogP contribution in [0.4, 0.5) is 0 Å². The van der Waals surface area contributed by atoms with E-state index in [1.54, 1.807) is 20.8 Å². The monoisotopic (exact) mass is 184 g/mol. The van der Waals surface area contributed by atoms with E-state index in [0.29, 0.717) is 17.3 Å². The van der Waals surface area contributed by atoms with Crippen molar-refractivity contribution in [2.24, 2.45) is 0 Å². The van der Waals surface area contributed by atoms with Crippen molar-refractivity contribution < 1.29 is 14.2 Å². The van der Waals surface area contributed by atoms with E-state index in [1.165, 1.54) is 0 Å². The van der Waals surface area contributed by atoms with Gasteiger partial charge in [0.1, 0.15) is 0 Å². The Balaban J connectivity index is 4.10. The summed E-state index contributed by atoms with van der Waals surface area (Å²) in [6.07, 6.45) is 0. The Hall–Kier alpha value is -1.38. The first-order chi connectivity index (χ1) is 5.91. The molecule has 3 nitrogen and oxygen atoms in total. The first-order valence-electron chi connectivity index (χ1n) is 3.88. The minimum absolute atomic E-state index is 0.507. The van der Waals surface area contributed by atoms with Gasteiger partial charge in [0.2, 0.25) is 0 Å². The van der Waals surface area contributed by atoms with Crippen molar-refractivity contribution in [1.29, 1.82) is 0 Å². The maximum atomic E-state index is 5.11. The molecule has 0 N–H and O–H groups in total. The highest BCUT2D eigenvalue weighted by Crippen LogP contribution is 2.10. The molecule has 0 aromatic rings. The summed E-state index contributed by atoms with van der Waals surface area (Å²) < 4.78 is 15.3. The zero-order chi connectivity index (χ0) is 10.4. The van der Waals surface area contributed by atoms with Crippen molar-refractivity contribution in [3.05, 3.63) is 37.0 Å². The van der Waals surface area contributed by atoms with Crippen LogP contribution in [0.2, 0.25) is 0 Å². The Morgan fingerprint density at radius 2 is 1.00 bits per heavy atom. The van der Waals surface area contributed by atoms with Crippen molar-refractivity contribution in [2.75, 3.05) is 0 Å². The lowest BCUT2D eigenvalue weighted by Crippen LogP contribution is -2.18. The summed E-state index contributed by atoms with van der Waals surface area (Å²) in [5.74, 6) is 1.52. The lowest BCUT2D eigenvalue weighted by atomic mass is 10.6. The second kappa shape index (κ2) is 5.30. The molecule has 0 saturated heterocycles. The van der Waals surface area contributed by atoms with Crippen molar-refractivity contribution in [2.45, 2.75) is 27.2 Å². The van der Waals surface area contributed by atoms with Crippen LogP contribution in [-0.2, 0) is 14.2 Å². The van der Waals surface area contributed by atoms with E-state index in [9.17, 15) is 0 Å². The fourth-order valence-electron chi connectivity index (χ4n) is 0.565. The van der Waals surface area contributed by atoms with Gasteiger partial charge in [0, 0.05) is 0 Å². The minimum Gasteiger partial charge on any atom is -0.428 e. The topological polar surface area (TPSA) is 27.7 Å². The first kappa shape index (κ1) is 11.6. The zero-order valence-corrected chi connectivity index (χ0v) is 8.42. The number of rotatable bonds is 6. The van der Waals surface area contributed by atoms with Gasteiger partial charge in [-0.1, -0.05) is 19.7 Å². The molecule has 0 aliphatic rings. The average Bonchev–Trinajstić information content (AvgIpc) is 1.80. The van der Waals surface area contributed by atoms with Crippen LogP contribution in [0, 0.1) is 0 Å². The Morgan fingerprint density at radius 3 is 1.15 bits per heavy atom. The predicted octanol–water partition coefficient (Wildman–Crippen LogP) is 2.92. The molecule has 0 saturated carbocycles. The number of allylic oxidation sites excluding steroid dienone is 3. The van der Waals surface area contributed by atoms with Crippen molar-refractivity contribution in [3.8, 4) is 0 Å². The van der Waals surface area contributed by atoms with Gasteiger partial charge in [-0.05, 0) is 20.8 Å². The summed E-state index contributed by atoms with van der Waals surface area (Å²) in [5, 5.41) is 0. The van der Waals surface area contributed by atoms with Crippen LogP contribution in [0.15, 0.2) is 37.0 Å². The Morgan fingerprint density at radius 1 is 0.769 bits per heavy atom. The van der Waals surface area contributed by atoms with Gasteiger partial charge in [0.25, 0.3) is 0 Å². The molecule has 0 heterocycles. The molecule has 0 aliphatic heterocycles. The fraction of sp³-hybridized carbons (Fsp3) is 0.400. The van der Waals surface area contributed by atoms with E-state index >= 15 is 0 Å². The normalized spacial score (nSPS) is 9.23. The predicted molar refractivity (Wildman–Crippen MR) is 51.5 cm³/mol. The standard InChI is InChI=1S/C10H16O3/c1-7(2)11-10(12-8(3)4)13-9(5)6/h10H,1,3,5H2,2,4,6H3. The van der Waals surface area contributed by atoms with Gasteiger partial charge < -0.3 is 14.2 Å². The van der Waals surface area contributed by atoms with Gasteiger partial charge in [-0.25, -0.2) is 0 Å². The first-order valence-corrected chi connectivity index (χ1v) is 3.88. The molecule has 0 fully saturated rings. The third-order valence-corrected chi connectivity index (χ3v) is 0.892. The summed E-state index contributed by atoms with van der Waals surface area (Å²) >= 11 is 0. The molecule has 0 unspecified atom stereocenters. The van der Waals surface area contributed by atoms with Gasteiger partial charge in [0.15, 0.2) is 0 Å². The molecule has 0 atom stereocenters. The molecular weight excluding hydrogens is 168 g/mol. The summed E-state index contributed by atoms with van der Waals surface area (Å²) in [5.41, 5.74) is 0. The Kier molecular flexibility index (Phi) is 4.74. The molecule has 13 heavy (non-hydrogen) atoms. The maximum Gasteiger partial charge on any atom is 0.405 e. The number of hydrogen-bond acceptors (Lipinski definition) is 3. The summed E-state index contributed by atoms with van der Waals surface area (Å²) in [7, 11) is 0. The largest absolute Gasteiger partial charge is 0.428 e. The number of ether oxygens (including phenoxy) is 3. The van der Waals surface area contributed by atoms with Gasteiger partial charge in [-0.15, -0.1) is 0 Å². The lowest BCUT2D eigenvalue weighted by Gasteiger charge is -2.20. The molecule has 0 amide bonds. The molecule has 0 radical (unpaired) electrons. The molecule has 3 heteroatoms. The molecule has 0 aliphatic carbocycles. The highest BCUT2D eigenvalue weighted by Gasteiger charge is 2.11. The van der Waals surface area contributed by atoms with Crippen molar-refractivity contribution >= 4 is 0 Å². The SMILES string of the molecule is C=C(C)OC(OC(=C)C)OC(=C)C. The second-order valence-corrected chi connectivity index (χ2v) is 2.75. The van der Waals surface area contributed by atoms with Gasteiger partial charge >= 0.3 is 6.48 Å². The van der Waals surface area contributed by atoms with E-state index in [0.717, 1.165) is 0 Å². The van der Waals surface area contributed by atoms with E-state index in [-0.39, 0.29) is 0 Å². The van der Waals surface area contributed by atoms with E-state index < -0.39 is 6.48 Å². The van der Waals surface area contributed by atoms with E-state index in [1.807, 2.05) is 0 Å². The molecule has 0 bridgehead atoms. The molecule has 0 aromatic carbocycles. The van der Waals surface area contributed by atoms with Crippen LogP contribution in [0.3, 0.4) is 0 Å². The van der Waals surface area contributed by atoms with E-state index in [2.05, 4.69) is 19.7 Å². The van der Waals surface area contributed by atoms with Crippen molar-refractivity contribution in [3.63, 3.8) is 0 Å². The smallest absolute Gasteiger partial charge is 0.405 e.